The minimum absolute atomic E-state index is 0.0973. The average molecular weight is 452 g/mol. The van der Waals surface area contributed by atoms with Crippen LogP contribution < -0.4 is 16.8 Å². The van der Waals surface area contributed by atoms with E-state index < -0.39 is 16.9 Å². The number of hydrogen-bond acceptors (Lipinski definition) is 6. The first-order valence-corrected chi connectivity index (χ1v) is 17.0. The van der Waals surface area contributed by atoms with Crippen LogP contribution in [0.2, 0.25) is 30.7 Å². The average Bonchev–Trinajstić information content (AvgIpc) is 2.70. The van der Waals surface area contributed by atoms with Crippen LogP contribution in [-0.2, 0) is 13.3 Å². The van der Waals surface area contributed by atoms with Gasteiger partial charge in [-0.3, -0.25) is 0 Å². The Kier molecular flexibility index (Phi) is 21.8. The molecule has 0 aliphatic rings. The van der Waals surface area contributed by atoms with Crippen LogP contribution in [0.4, 0.5) is 0 Å². The zero-order valence-electron chi connectivity index (χ0n) is 20.6. The highest BCUT2D eigenvalue weighted by atomic mass is 28.4. The van der Waals surface area contributed by atoms with Gasteiger partial charge in [-0.25, -0.2) is 0 Å². The Balaban J connectivity index is 0. The van der Waals surface area contributed by atoms with Gasteiger partial charge in [0.1, 0.15) is 0 Å². The molecule has 0 amide bonds. The maximum Gasteiger partial charge on any atom is 0.500 e. The lowest BCUT2D eigenvalue weighted by atomic mass is 10.3. The smallest absolute Gasteiger partial charge is 0.374 e. The van der Waals surface area contributed by atoms with Crippen molar-refractivity contribution in [2.75, 3.05) is 32.9 Å². The van der Waals surface area contributed by atoms with E-state index in [4.69, 9.17) is 24.7 Å². The molecule has 0 aromatic carbocycles. The summed E-state index contributed by atoms with van der Waals surface area (Å²) in [6, 6.07) is 4.91. The lowest BCUT2D eigenvalue weighted by molar-refractivity contribution is 0.0708. The van der Waals surface area contributed by atoms with Crippen LogP contribution in [0.5, 0.6) is 0 Å². The van der Waals surface area contributed by atoms with Gasteiger partial charge in [-0.2, -0.15) is 0 Å². The van der Waals surface area contributed by atoms with Crippen LogP contribution in [-0.4, -0.2) is 56.0 Å². The normalized spacial score (nSPS) is 12.2. The zero-order valence-corrected chi connectivity index (χ0v) is 22.6. The summed E-state index contributed by atoms with van der Waals surface area (Å²) in [5.41, 5.74) is 11.0. The fourth-order valence-corrected chi connectivity index (χ4v) is 7.83. The van der Waals surface area contributed by atoms with E-state index in [1.54, 1.807) is 0 Å². The van der Waals surface area contributed by atoms with Gasteiger partial charge in [0, 0.05) is 33.9 Å². The Morgan fingerprint density at radius 3 is 1.62 bits per heavy atom. The molecule has 0 spiro atoms. The minimum atomic E-state index is -2.40. The summed E-state index contributed by atoms with van der Waals surface area (Å²) in [5, 5.41) is 3.44. The van der Waals surface area contributed by atoms with Gasteiger partial charge in [-0.05, 0) is 53.1 Å². The molecule has 6 nitrogen and oxygen atoms in total. The predicted molar refractivity (Wildman–Crippen MR) is 132 cm³/mol. The van der Waals surface area contributed by atoms with Crippen molar-refractivity contribution in [1.29, 1.82) is 0 Å². The van der Waals surface area contributed by atoms with Gasteiger partial charge in [0.15, 0.2) is 0 Å². The summed E-state index contributed by atoms with van der Waals surface area (Å²) in [6.45, 7) is 19.3. The first-order chi connectivity index (χ1) is 13.8. The van der Waals surface area contributed by atoms with Gasteiger partial charge < -0.3 is 30.1 Å². The monoisotopic (exact) mass is 451 g/mol. The number of nitrogens with one attached hydrogen (secondary N) is 1. The van der Waals surface area contributed by atoms with E-state index in [2.05, 4.69) is 32.6 Å². The molecule has 0 aliphatic carbocycles. The second-order valence-corrected chi connectivity index (χ2v) is 16.2. The Morgan fingerprint density at radius 1 is 0.759 bits per heavy atom. The molecule has 0 unspecified atom stereocenters. The summed E-state index contributed by atoms with van der Waals surface area (Å²) in [4.78, 5) is 0. The second kappa shape index (κ2) is 20.1. The lowest BCUT2D eigenvalue weighted by Crippen LogP contribution is -2.46. The van der Waals surface area contributed by atoms with Crippen molar-refractivity contribution in [2.24, 2.45) is 11.5 Å². The van der Waals surface area contributed by atoms with Crippen molar-refractivity contribution in [3.63, 3.8) is 0 Å². The molecular formula is C21H53N3O3Si2. The summed E-state index contributed by atoms with van der Waals surface area (Å²) >= 11 is 0. The van der Waals surface area contributed by atoms with Crippen molar-refractivity contribution >= 4 is 16.9 Å². The lowest BCUT2D eigenvalue weighted by Gasteiger charge is -2.28. The summed E-state index contributed by atoms with van der Waals surface area (Å²) in [5.74, 6) is 0. The molecule has 0 aromatic heterocycles. The van der Waals surface area contributed by atoms with Crippen LogP contribution in [0.25, 0.3) is 0 Å². The summed E-state index contributed by atoms with van der Waals surface area (Å²) < 4.78 is 17.4. The van der Waals surface area contributed by atoms with E-state index in [0.717, 1.165) is 32.0 Å². The third-order valence-corrected chi connectivity index (χ3v) is 13.5. The number of rotatable bonds is 18. The summed E-state index contributed by atoms with van der Waals surface area (Å²) in [7, 11) is -3.32. The van der Waals surface area contributed by atoms with Crippen LogP contribution in [0.3, 0.4) is 0 Å². The number of unbranched alkanes of at least 4 members (excludes halogenated alkanes) is 1. The highest BCUT2D eigenvalue weighted by molar-refractivity contribution is 6.78. The molecule has 0 atom stereocenters. The van der Waals surface area contributed by atoms with Crippen molar-refractivity contribution in [3.8, 4) is 0 Å². The Hall–Kier alpha value is 0.194. The van der Waals surface area contributed by atoms with Gasteiger partial charge >= 0.3 is 8.80 Å². The molecule has 0 rings (SSSR count). The quantitative estimate of drug-likeness (QED) is 0.161. The van der Waals surface area contributed by atoms with Crippen LogP contribution in [0.15, 0.2) is 0 Å². The SMILES string of the molecule is CCCCNCCC[Si](OCC)(OCC)OCC.CC[Si](C)(CC)CCC(N)N. The maximum absolute atomic E-state index is 5.80. The Bertz CT molecular complexity index is 330. The molecular weight excluding hydrogens is 398 g/mol. The van der Waals surface area contributed by atoms with Crippen LogP contribution in [0, 0.1) is 0 Å². The van der Waals surface area contributed by atoms with Crippen molar-refractivity contribution < 1.29 is 13.3 Å². The molecule has 0 saturated carbocycles. The third kappa shape index (κ3) is 17.6. The van der Waals surface area contributed by atoms with E-state index >= 15 is 0 Å². The molecule has 178 valence electrons. The molecule has 0 fully saturated rings. The van der Waals surface area contributed by atoms with E-state index in [-0.39, 0.29) is 6.17 Å². The van der Waals surface area contributed by atoms with E-state index in [1.165, 1.54) is 31.0 Å². The van der Waals surface area contributed by atoms with Gasteiger partial charge in [0.2, 0.25) is 0 Å². The van der Waals surface area contributed by atoms with Crippen molar-refractivity contribution in [3.05, 3.63) is 0 Å². The number of nitrogens with two attached hydrogens (primary N) is 2. The molecule has 8 heteroatoms. The molecule has 0 radical (unpaired) electrons. The standard InChI is InChI=1S/C13H31NO3Si.C8H22N2Si/c1-5-9-11-14-12-10-13-18(15-6-2,16-7-3)17-8-4;1-4-11(3,5-2)7-6-8(9)10/h14H,5-13H2,1-4H3;8H,4-7,9-10H2,1-3H3. The van der Waals surface area contributed by atoms with Crippen LogP contribution >= 0.6 is 0 Å². The molecule has 0 bridgehead atoms. The summed E-state index contributed by atoms with van der Waals surface area (Å²) in [6.07, 6.45) is 4.44. The third-order valence-electron chi connectivity index (χ3n) is 5.42. The Morgan fingerprint density at radius 2 is 1.24 bits per heavy atom. The molecule has 0 saturated heterocycles. The van der Waals surface area contributed by atoms with Crippen LogP contribution in [0.1, 0.15) is 67.2 Å². The van der Waals surface area contributed by atoms with Crippen molar-refractivity contribution in [1.82, 2.24) is 5.32 Å². The van der Waals surface area contributed by atoms with E-state index in [9.17, 15) is 0 Å². The molecule has 5 N–H and O–H groups in total. The fraction of sp³-hybridized carbons (Fsp3) is 1.00. The number of hydrogen-bond donors (Lipinski definition) is 3. The second-order valence-electron chi connectivity index (χ2n) is 7.91. The Labute approximate surface area is 184 Å². The first-order valence-electron chi connectivity index (χ1n) is 11.9. The highest BCUT2D eigenvalue weighted by Crippen LogP contribution is 2.21. The molecule has 0 heterocycles. The highest BCUT2D eigenvalue weighted by Gasteiger charge is 2.39. The molecule has 0 aromatic rings. The topological polar surface area (TPSA) is 91.8 Å². The minimum Gasteiger partial charge on any atom is -0.374 e. The predicted octanol–water partition coefficient (Wildman–Crippen LogP) is 4.55. The van der Waals surface area contributed by atoms with Crippen molar-refractivity contribution in [2.45, 2.75) is 104 Å². The largest absolute Gasteiger partial charge is 0.500 e. The first kappa shape index (κ1) is 31.4. The zero-order chi connectivity index (χ0) is 22.6. The fourth-order valence-electron chi connectivity index (χ4n) is 2.98. The molecule has 0 aliphatic heterocycles. The molecule has 29 heavy (non-hydrogen) atoms. The van der Waals surface area contributed by atoms with E-state index in [0.29, 0.717) is 19.8 Å². The van der Waals surface area contributed by atoms with Gasteiger partial charge in [0.25, 0.3) is 0 Å². The van der Waals surface area contributed by atoms with Gasteiger partial charge in [-0.1, -0.05) is 51.9 Å². The van der Waals surface area contributed by atoms with Gasteiger partial charge in [-0.15, -0.1) is 0 Å². The van der Waals surface area contributed by atoms with E-state index in [1.807, 2.05) is 20.8 Å². The van der Waals surface area contributed by atoms with Gasteiger partial charge in [0.05, 0.1) is 6.17 Å². The maximum atomic E-state index is 5.80.